The first-order valence-corrected chi connectivity index (χ1v) is 11.8. The number of carbonyl (C=O) groups excluding carboxylic acids is 1. The van der Waals surface area contributed by atoms with Crippen molar-refractivity contribution in [2.24, 2.45) is 0 Å². The molecule has 1 aliphatic carbocycles. The number of fused-ring (bicyclic) bond motifs is 3. The Morgan fingerprint density at radius 2 is 1.70 bits per heavy atom. The molecule has 2 aromatic heterocycles. The van der Waals surface area contributed by atoms with Crippen molar-refractivity contribution >= 4 is 16.8 Å². The van der Waals surface area contributed by atoms with E-state index in [0.29, 0.717) is 57.1 Å². The summed E-state index contributed by atoms with van der Waals surface area (Å²) in [7, 11) is 8.40. The number of para-hydroxylation sites is 1. The topological polar surface area (TPSA) is 98.7 Å². The van der Waals surface area contributed by atoms with Gasteiger partial charge in [0.1, 0.15) is 0 Å². The number of carbonyl (C=O) groups is 1. The molecule has 37 heavy (non-hydrogen) atoms. The van der Waals surface area contributed by atoms with Gasteiger partial charge in [0.25, 0.3) is 5.56 Å². The maximum absolute atomic E-state index is 13.9. The lowest BCUT2D eigenvalue weighted by Gasteiger charge is -2.29. The van der Waals surface area contributed by atoms with Crippen molar-refractivity contribution < 1.29 is 19.0 Å². The van der Waals surface area contributed by atoms with Crippen LogP contribution >= 0.6 is 0 Å². The zero-order valence-corrected chi connectivity index (χ0v) is 21.4. The number of benzene rings is 2. The molecule has 1 aliphatic rings. The van der Waals surface area contributed by atoms with E-state index in [9.17, 15) is 9.59 Å². The fourth-order valence-electron chi connectivity index (χ4n) is 4.95. The highest BCUT2D eigenvalue weighted by molar-refractivity contribution is 6.13. The van der Waals surface area contributed by atoms with Crippen molar-refractivity contribution in [2.75, 3.05) is 35.4 Å². The number of allylic oxidation sites excluding steroid dienone is 1. The summed E-state index contributed by atoms with van der Waals surface area (Å²) in [6.45, 7) is 0. The summed E-state index contributed by atoms with van der Waals surface area (Å²) in [6, 6.07) is 13.0. The van der Waals surface area contributed by atoms with Gasteiger partial charge in [-0.25, -0.2) is 9.67 Å². The number of rotatable bonds is 6. The van der Waals surface area contributed by atoms with E-state index in [2.05, 4.69) is 10.1 Å². The zero-order valence-electron chi connectivity index (χ0n) is 21.4. The lowest BCUT2D eigenvalue weighted by atomic mass is 9.75. The molecule has 0 aliphatic heterocycles. The number of methoxy groups -OCH3 is 3. The quantitative estimate of drug-likeness (QED) is 0.403. The highest BCUT2D eigenvalue weighted by Gasteiger charge is 2.35. The monoisotopic (exact) mass is 500 g/mol. The third-order valence-corrected chi connectivity index (χ3v) is 6.61. The number of pyridine rings is 1. The minimum atomic E-state index is -0.360. The molecule has 0 saturated carbocycles. The molecule has 9 nitrogen and oxygen atoms in total. The third-order valence-electron chi connectivity index (χ3n) is 6.61. The molecule has 0 spiro atoms. The van der Waals surface area contributed by atoms with Crippen LogP contribution in [0.4, 0.5) is 0 Å². The number of hydrogen-bond donors (Lipinski definition) is 1. The number of aromatic nitrogens is 3. The molecule has 1 unspecified atom stereocenters. The van der Waals surface area contributed by atoms with E-state index in [-0.39, 0.29) is 17.3 Å². The molecule has 5 rings (SSSR count). The second kappa shape index (κ2) is 9.50. The number of hydrogen-bond acceptors (Lipinski definition) is 7. The molecule has 1 N–H and O–H groups in total. The Balaban J connectivity index is 1.74. The first kappa shape index (κ1) is 24.2. The Labute approximate surface area is 213 Å². The fraction of sp³-hybridized carbons (Fsp3) is 0.250. The van der Waals surface area contributed by atoms with Gasteiger partial charge in [0.15, 0.2) is 22.9 Å². The van der Waals surface area contributed by atoms with Crippen molar-refractivity contribution in [3.05, 3.63) is 87.5 Å². The normalized spacial score (nSPS) is 16.1. The zero-order chi connectivity index (χ0) is 26.3. The van der Waals surface area contributed by atoms with Gasteiger partial charge in [0.2, 0.25) is 5.75 Å². The maximum atomic E-state index is 13.9. The molecule has 2 heterocycles. The number of ketones is 1. The lowest BCUT2D eigenvalue weighted by Crippen LogP contribution is -2.26. The summed E-state index contributed by atoms with van der Waals surface area (Å²) in [5.41, 5.74) is 3.38. The molecule has 0 saturated heterocycles. The van der Waals surface area contributed by atoms with Crippen LogP contribution in [0.25, 0.3) is 16.7 Å². The second-order valence-corrected chi connectivity index (χ2v) is 9.05. The molecular weight excluding hydrogens is 472 g/mol. The van der Waals surface area contributed by atoms with Crippen LogP contribution in [0.15, 0.2) is 65.2 Å². The summed E-state index contributed by atoms with van der Waals surface area (Å²) in [5, 5.41) is 3.51. The Kier molecular flexibility index (Phi) is 6.20. The van der Waals surface area contributed by atoms with Crippen molar-refractivity contribution in [1.29, 1.82) is 0 Å². The molecule has 1 atom stereocenters. The van der Waals surface area contributed by atoms with Gasteiger partial charge in [-0.15, -0.1) is 0 Å². The highest BCUT2D eigenvalue weighted by Crippen LogP contribution is 2.45. The Hall–Kier alpha value is -4.53. The molecule has 9 heteroatoms. The van der Waals surface area contributed by atoms with Gasteiger partial charge in [0.05, 0.1) is 32.4 Å². The third kappa shape index (κ3) is 4.02. The SMILES string of the molecule is COc1cc(C2Cc3c(cnc4[nH]n(-c5ccccc5)c(=O)c34)C(=O)/C2=C\N(C)C)cc(OC)c1OC. The van der Waals surface area contributed by atoms with Crippen LogP contribution < -0.4 is 19.8 Å². The minimum Gasteiger partial charge on any atom is -0.493 e. The highest BCUT2D eigenvalue weighted by atomic mass is 16.5. The average Bonchev–Trinajstić information content (AvgIpc) is 3.26. The van der Waals surface area contributed by atoms with Crippen LogP contribution in [0.5, 0.6) is 17.2 Å². The van der Waals surface area contributed by atoms with Crippen molar-refractivity contribution in [2.45, 2.75) is 12.3 Å². The summed E-state index contributed by atoms with van der Waals surface area (Å²) >= 11 is 0. The van der Waals surface area contributed by atoms with Gasteiger partial charge < -0.3 is 19.1 Å². The van der Waals surface area contributed by atoms with E-state index in [0.717, 1.165) is 5.56 Å². The van der Waals surface area contributed by atoms with Crippen LogP contribution in [0.1, 0.15) is 27.4 Å². The predicted molar refractivity (Wildman–Crippen MR) is 140 cm³/mol. The predicted octanol–water partition coefficient (Wildman–Crippen LogP) is 3.71. The maximum Gasteiger partial charge on any atom is 0.281 e. The molecule has 4 aromatic rings. The largest absolute Gasteiger partial charge is 0.493 e. The number of H-pyrrole nitrogens is 1. The van der Waals surface area contributed by atoms with Gasteiger partial charge in [-0.3, -0.25) is 14.7 Å². The summed E-state index contributed by atoms with van der Waals surface area (Å²) in [4.78, 5) is 33.7. The average molecular weight is 501 g/mol. The van der Waals surface area contributed by atoms with Crippen molar-refractivity contribution in [3.8, 4) is 22.9 Å². The van der Waals surface area contributed by atoms with E-state index in [4.69, 9.17) is 14.2 Å². The molecular formula is C28H28N4O5. The van der Waals surface area contributed by atoms with Crippen molar-refractivity contribution in [1.82, 2.24) is 19.7 Å². The van der Waals surface area contributed by atoms with Crippen LogP contribution in [0, 0.1) is 0 Å². The van der Waals surface area contributed by atoms with E-state index in [1.807, 2.05) is 67.7 Å². The van der Waals surface area contributed by atoms with Crippen molar-refractivity contribution in [3.63, 3.8) is 0 Å². The molecule has 2 aromatic carbocycles. The Morgan fingerprint density at radius 1 is 1.03 bits per heavy atom. The molecule has 190 valence electrons. The van der Waals surface area contributed by atoms with Crippen LogP contribution in [-0.4, -0.2) is 60.9 Å². The van der Waals surface area contributed by atoms with Gasteiger partial charge in [-0.2, -0.15) is 0 Å². The standard InChI is InChI=1S/C28H28N4O5/c1-31(2)15-21-18(16-11-22(35-3)26(37-5)23(12-16)36-4)13-19-20(25(21)33)14-29-27-24(19)28(34)32(30-27)17-9-7-6-8-10-17/h6-12,14-15,18H,13H2,1-5H3,(H,29,30)/b21-15-. The van der Waals surface area contributed by atoms with Crippen LogP contribution in [-0.2, 0) is 6.42 Å². The number of nitrogens with one attached hydrogen (secondary N) is 1. The van der Waals surface area contributed by atoms with Crippen LogP contribution in [0.3, 0.4) is 0 Å². The van der Waals surface area contributed by atoms with E-state index in [1.165, 1.54) is 4.68 Å². The van der Waals surface area contributed by atoms with E-state index >= 15 is 0 Å². The summed E-state index contributed by atoms with van der Waals surface area (Å²) in [6.07, 6.45) is 3.79. The fourth-order valence-corrected chi connectivity index (χ4v) is 4.95. The molecule has 0 bridgehead atoms. The summed E-state index contributed by atoms with van der Waals surface area (Å²) in [5.74, 6) is 0.924. The number of ether oxygens (including phenoxy) is 3. The number of aromatic amines is 1. The van der Waals surface area contributed by atoms with E-state index in [1.54, 1.807) is 27.5 Å². The van der Waals surface area contributed by atoms with Crippen LogP contribution in [0.2, 0.25) is 0 Å². The first-order valence-electron chi connectivity index (χ1n) is 11.8. The first-order chi connectivity index (χ1) is 17.9. The number of Topliss-reactive ketones (excluding diaryl/α,β-unsaturated/α-hetero) is 1. The Morgan fingerprint density at radius 3 is 2.30 bits per heavy atom. The number of nitrogens with zero attached hydrogens (tertiary/aromatic N) is 3. The molecule has 0 radical (unpaired) electrons. The van der Waals surface area contributed by atoms with Gasteiger partial charge >= 0.3 is 0 Å². The van der Waals surface area contributed by atoms with Gasteiger partial charge in [-0.05, 0) is 41.8 Å². The molecule has 0 fully saturated rings. The Bertz CT molecular complexity index is 1560. The van der Waals surface area contributed by atoms with E-state index < -0.39 is 0 Å². The minimum absolute atomic E-state index is 0.171. The van der Waals surface area contributed by atoms with Gasteiger partial charge in [-0.1, -0.05) is 18.2 Å². The van der Waals surface area contributed by atoms with Gasteiger partial charge in [0, 0.05) is 43.5 Å². The smallest absolute Gasteiger partial charge is 0.281 e. The second-order valence-electron chi connectivity index (χ2n) is 9.05. The molecule has 0 amide bonds. The summed E-state index contributed by atoms with van der Waals surface area (Å²) < 4.78 is 18.1. The lowest BCUT2D eigenvalue weighted by molar-refractivity contribution is 0.101.